The summed E-state index contributed by atoms with van der Waals surface area (Å²) in [6.45, 7) is 2.10. The van der Waals surface area contributed by atoms with Gasteiger partial charge >= 0.3 is 0 Å². The summed E-state index contributed by atoms with van der Waals surface area (Å²) >= 11 is 1.05. The maximum atomic E-state index is 14.1. The minimum absolute atomic E-state index is 0.0306. The number of hydrogen-bond donors (Lipinski definition) is 4. The van der Waals surface area contributed by atoms with Crippen molar-refractivity contribution >= 4 is 27.9 Å². The van der Waals surface area contributed by atoms with Crippen LogP contribution in [-0.2, 0) is 9.47 Å². The number of ether oxygens (including phenoxy) is 2. The molecule has 1 saturated heterocycles. The normalized spacial score (nSPS) is 21.3. The zero-order chi connectivity index (χ0) is 22.8. The highest BCUT2D eigenvalue weighted by Crippen LogP contribution is 2.35. The third kappa shape index (κ3) is 4.37. The van der Waals surface area contributed by atoms with E-state index in [0.717, 1.165) is 11.3 Å². The number of carbonyl (C=O) groups is 1. The summed E-state index contributed by atoms with van der Waals surface area (Å²) in [5, 5.41) is 10.6. The molecule has 11 heteroatoms. The van der Waals surface area contributed by atoms with Gasteiger partial charge in [0.05, 0.1) is 29.8 Å². The first-order valence-corrected chi connectivity index (χ1v) is 11.0. The van der Waals surface area contributed by atoms with Gasteiger partial charge in [-0.2, -0.15) is 5.10 Å². The summed E-state index contributed by atoms with van der Waals surface area (Å²) in [7, 11) is 1.61. The second-order valence-electron chi connectivity index (χ2n) is 7.60. The smallest absolute Gasteiger partial charge is 0.277 e. The van der Waals surface area contributed by atoms with Gasteiger partial charge in [0, 0.05) is 18.7 Å². The Morgan fingerprint density at radius 3 is 2.91 bits per heavy atom. The molecule has 1 aliphatic rings. The van der Waals surface area contributed by atoms with Crippen LogP contribution < -0.4 is 16.8 Å². The first-order valence-electron chi connectivity index (χ1n) is 10.2. The van der Waals surface area contributed by atoms with Crippen LogP contribution in [0.4, 0.5) is 15.1 Å². The van der Waals surface area contributed by atoms with Crippen LogP contribution in [0.5, 0.6) is 0 Å². The van der Waals surface area contributed by atoms with Gasteiger partial charge in [-0.1, -0.05) is 23.5 Å². The fourth-order valence-corrected chi connectivity index (χ4v) is 4.53. The Kier molecular flexibility index (Phi) is 6.51. The number of halogens is 1. The number of amides is 1. The molecule has 3 aromatic rings. The van der Waals surface area contributed by atoms with Crippen LogP contribution in [0.15, 0.2) is 24.3 Å². The lowest BCUT2D eigenvalue weighted by Crippen LogP contribution is -2.37. The predicted octanol–water partition coefficient (Wildman–Crippen LogP) is 3.01. The minimum atomic E-state index is -0.507. The summed E-state index contributed by atoms with van der Waals surface area (Å²) in [5.41, 5.74) is 14.3. The van der Waals surface area contributed by atoms with E-state index in [1.807, 2.05) is 0 Å². The molecule has 0 spiro atoms. The number of rotatable bonds is 5. The number of aromatic nitrogens is 3. The molecule has 1 aliphatic heterocycles. The van der Waals surface area contributed by atoms with Crippen molar-refractivity contribution in [2.75, 3.05) is 24.8 Å². The summed E-state index contributed by atoms with van der Waals surface area (Å²) in [4.78, 5) is 17.3. The lowest BCUT2D eigenvalue weighted by Gasteiger charge is -2.18. The van der Waals surface area contributed by atoms with Crippen LogP contribution in [0.2, 0.25) is 0 Å². The standard InChI is InChI=1S/C21H25FN6O3S/c1-10-16(17(28-27-10)14-8-7-13(23)15(30-2)9-31-14)25-20(29)18-19(24)32-21(26-18)11-5-3-4-6-12(11)22/h3-6,13-15H,7-9,23-24H2,1-2H3,(H,25,29)(H,27,28)/t13?,14?,15-/m0/s1. The topological polar surface area (TPSA) is 141 Å². The van der Waals surface area contributed by atoms with E-state index >= 15 is 0 Å². The Hall–Kier alpha value is -2.86. The summed E-state index contributed by atoms with van der Waals surface area (Å²) < 4.78 is 25.5. The van der Waals surface area contributed by atoms with E-state index in [-0.39, 0.29) is 28.9 Å². The predicted molar refractivity (Wildman–Crippen MR) is 120 cm³/mol. The Labute approximate surface area is 188 Å². The fourth-order valence-electron chi connectivity index (χ4n) is 3.68. The molecule has 3 heterocycles. The quantitative estimate of drug-likeness (QED) is 0.459. The molecule has 0 saturated carbocycles. The molecular weight excluding hydrogens is 435 g/mol. The fraction of sp³-hybridized carbons (Fsp3) is 0.381. The number of aryl methyl sites for hydroxylation is 1. The first-order chi connectivity index (χ1) is 15.4. The van der Waals surface area contributed by atoms with Crippen molar-refractivity contribution in [2.24, 2.45) is 5.73 Å². The number of thiazole rings is 1. The van der Waals surface area contributed by atoms with Crippen molar-refractivity contribution < 1.29 is 18.7 Å². The zero-order valence-electron chi connectivity index (χ0n) is 17.7. The largest absolute Gasteiger partial charge is 0.389 e. The lowest BCUT2D eigenvalue weighted by atomic mass is 10.0. The van der Waals surface area contributed by atoms with Crippen LogP contribution >= 0.6 is 11.3 Å². The van der Waals surface area contributed by atoms with E-state index in [1.165, 1.54) is 6.07 Å². The first kappa shape index (κ1) is 22.3. The summed E-state index contributed by atoms with van der Waals surface area (Å²) in [5.74, 6) is -0.938. The molecule has 3 atom stereocenters. The number of anilines is 2. The van der Waals surface area contributed by atoms with Gasteiger partial charge in [-0.25, -0.2) is 9.37 Å². The van der Waals surface area contributed by atoms with E-state index in [0.29, 0.717) is 47.1 Å². The van der Waals surface area contributed by atoms with Gasteiger partial charge in [-0.3, -0.25) is 9.89 Å². The summed E-state index contributed by atoms with van der Waals surface area (Å²) in [6.07, 6.45) is 0.801. The molecular formula is C21H25FN6O3S. The number of nitrogens with two attached hydrogens (primary N) is 2. The molecule has 2 unspecified atom stereocenters. The number of nitrogen functional groups attached to an aromatic ring is 1. The number of nitrogens with one attached hydrogen (secondary N) is 2. The molecule has 1 fully saturated rings. The number of aromatic amines is 1. The molecule has 1 amide bonds. The summed E-state index contributed by atoms with van der Waals surface area (Å²) in [6, 6.07) is 6.07. The van der Waals surface area contributed by atoms with Crippen molar-refractivity contribution in [1.82, 2.24) is 15.2 Å². The third-order valence-corrected chi connectivity index (χ3v) is 6.43. The van der Waals surface area contributed by atoms with Crippen LogP contribution in [0, 0.1) is 12.7 Å². The maximum absolute atomic E-state index is 14.1. The second-order valence-corrected chi connectivity index (χ2v) is 8.63. The van der Waals surface area contributed by atoms with Crippen LogP contribution in [0.3, 0.4) is 0 Å². The monoisotopic (exact) mass is 460 g/mol. The Morgan fingerprint density at radius 1 is 1.38 bits per heavy atom. The molecule has 0 radical (unpaired) electrons. The van der Waals surface area contributed by atoms with Crippen molar-refractivity contribution in [3.05, 3.63) is 47.2 Å². The van der Waals surface area contributed by atoms with E-state index < -0.39 is 11.7 Å². The highest BCUT2D eigenvalue weighted by atomic mass is 32.1. The van der Waals surface area contributed by atoms with Gasteiger partial charge in [-0.15, -0.1) is 0 Å². The average molecular weight is 461 g/mol. The van der Waals surface area contributed by atoms with Gasteiger partial charge in [0.2, 0.25) is 0 Å². The molecule has 0 aliphatic carbocycles. The average Bonchev–Trinajstić information content (AvgIpc) is 3.27. The van der Waals surface area contributed by atoms with Crippen LogP contribution in [0.25, 0.3) is 10.6 Å². The molecule has 9 nitrogen and oxygen atoms in total. The maximum Gasteiger partial charge on any atom is 0.277 e. The van der Waals surface area contributed by atoms with E-state index in [2.05, 4.69) is 20.5 Å². The highest BCUT2D eigenvalue weighted by molar-refractivity contribution is 7.19. The second kappa shape index (κ2) is 9.33. The van der Waals surface area contributed by atoms with E-state index in [4.69, 9.17) is 20.9 Å². The Bertz CT molecular complexity index is 1120. The van der Waals surface area contributed by atoms with Gasteiger partial charge in [0.15, 0.2) is 5.69 Å². The van der Waals surface area contributed by atoms with Crippen molar-refractivity contribution in [2.45, 2.75) is 38.0 Å². The van der Waals surface area contributed by atoms with Crippen molar-refractivity contribution in [3.63, 3.8) is 0 Å². The third-order valence-electron chi connectivity index (χ3n) is 5.51. The van der Waals surface area contributed by atoms with Gasteiger partial charge < -0.3 is 26.3 Å². The minimum Gasteiger partial charge on any atom is -0.389 e. The zero-order valence-corrected chi connectivity index (χ0v) is 18.5. The molecule has 0 bridgehead atoms. The van der Waals surface area contributed by atoms with Crippen molar-refractivity contribution in [1.29, 1.82) is 0 Å². The Morgan fingerprint density at radius 2 is 2.16 bits per heavy atom. The SMILES string of the molecule is CO[C@H]1COC(c2[nH]nc(C)c2NC(=O)c2nc(-c3ccccc3F)sc2N)CCC1N. The van der Waals surface area contributed by atoms with E-state index in [9.17, 15) is 9.18 Å². The Balaban J connectivity index is 1.56. The molecule has 32 heavy (non-hydrogen) atoms. The van der Waals surface area contributed by atoms with Gasteiger partial charge in [0.1, 0.15) is 21.9 Å². The molecule has 4 rings (SSSR count). The van der Waals surface area contributed by atoms with E-state index in [1.54, 1.807) is 32.2 Å². The molecule has 2 aromatic heterocycles. The lowest BCUT2D eigenvalue weighted by molar-refractivity contribution is -0.0201. The number of H-pyrrole nitrogens is 1. The number of methoxy groups -OCH3 is 1. The number of benzene rings is 1. The number of carbonyl (C=O) groups excluding carboxylic acids is 1. The van der Waals surface area contributed by atoms with Crippen LogP contribution in [-0.4, -0.2) is 47.0 Å². The molecule has 6 N–H and O–H groups in total. The van der Waals surface area contributed by atoms with Crippen LogP contribution in [0.1, 0.15) is 40.8 Å². The van der Waals surface area contributed by atoms with Gasteiger partial charge in [0.25, 0.3) is 5.91 Å². The molecule has 1 aromatic carbocycles. The molecule has 170 valence electrons. The highest BCUT2D eigenvalue weighted by Gasteiger charge is 2.30. The van der Waals surface area contributed by atoms with Gasteiger partial charge in [-0.05, 0) is 31.9 Å². The van der Waals surface area contributed by atoms with Crippen molar-refractivity contribution in [3.8, 4) is 10.6 Å². The number of hydrogen-bond acceptors (Lipinski definition) is 8. The number of nitrogens with zero attached hydrogens (tertiary/aromatic N) is 2.